The molecule has 1 saturated heterocycles. The fourth-order valence-corrected chi connectivity index (χ4v) is 3.32. The maximum atomic E-state index is 11.4. The van der Waals surface area contributed by atoms with Crippen molar-refractivity contribution >= 4 is 17.7 Å². The minimum Gasteiger partial charge on any atom is -0.468 e. The SMILES string of the molecule is COC(=O)CSc1nnc(-c2ccccc2)n1C[C@@H]1CCCO1. The molecular formula is C16H19N3O3S. The third kappa shape index (κ3) is 3.92. The van der Waals surface area contributed by atoms with Gasteiger partial charge in [-0.2, -0.15) is 0 Å². The lowest BCUT2D eigenvalue weighted by molar-refractivity contribution is -0.137. The summed E-state index contributed by atoms with van der Waals surface area (Å²) < 4.78 is 12.5. The zero-order valence-electron chi connectivity index (χ0n) is 13.0. The monoisotopic (exact) mass is 333 g/mol. The highest BCUT2D eigenvalue weighted by Gasteiger charge is 2.22. The second-order valence-electron chi connectivity index (χ2n) is 5.28. The van der Waals surface area contributed by atoms with Crippen LogP contribution in [0.25, 0.3) is 11.4 Å². The molecular weight excluding hydrogens is 314 g/mol. The lowest BCUT2D eigenvalue weighted by atomic mass is 10.2. The lowest BCUT2D eigenvalue weighted by Gasteiger charge is -2.14. The Morgan fingerprint density at radius 3 is 2.91 bits per heavy atom. The third-order valence-corrected chi connectivity index (χ3v) is 4.65. The summed E-state index contributed by atoms with van der Waals surface area (Å²) in [6.45, 7) is 1.50. The van der Waals surface area contributed by atoms with Crippen molar-refractivity contribution < 1.29 is 14.3 Å². The van der Waals surface area contributed by atoms with Gasteiger partial charge in [-0.25, -0.2) is 0 Å². The smallest absolute Gasteiger partial charge is 0.316 e. The van der Waals surface area contributed by atoms with Crippen molar-refractivity contribution in [2.24, 2.45) is 0 Å². The van der Waals surface area contributed by atoms with E-state index in [-0.39, 0.29) is 17.8 Å². The molecule has 0 bridgehead atoms. The first-order chi connectivity index (χ1) is 11.3. The summed E-state index contributed by atoms with van der Waals surface area (Å²) in [7, 11) is 1.38. The van der Waals surface area contributed by atoms with E-state index in [1.165, 1.54) is 18.9 Å². The van der Waals surface area contributed by atoms with E-state index in [9.17, 15) is 4.79 Å². The molecule has 0 spiro atoms. The molecule has 0 unspecified atom stereocenters. The van der Waals surface area contributed by atoms with Crippen molar-refractivity contribution in [2.45, 2.75) is 30.6 Å². The van der Waals surface area contributed by atoms with Crippen LogP contribution >= 0.6 is 11.8 Å². The average molecular weight is 333 g/mol. The minimum atomic E-state index is -0.275. The van der Waals surface area contributed by atoms with Crippen LogP contribution in [0.15, 0.2) is 35.5 Å². The number of aromatic nitrogens is 3. The Hall–Kier alpha value is -1.86. The number of thioether (sulfide) groups is 1. The van der Waals surface area contributed by atoms with Crippen molar-refractivity contribution in [1.82, 2.24) is 14.8 Å². The highest BCUT2D eigenvalue weighted by atomic mass is 32.2. The van der Waals surface area contributed by atoms with Crippen molar-refractivity contribution in [3.05, 3.63) is 30.3 Å². The van der Waals surface area contributed by atoms with Crippen LogP contribution in [0.4, 0.5) is 0 Å². The fourth-order valence-electron chi connectivity index (χ4n) is 2.54. The number of ether oxygens (including phenoxy) is 2. The van der Waals surface area contributed by atoms with Crippen LogP contribution in [0.1, 0.15) is 12.8 Å². The predicted octanol–water partition coefficient (Wildman–Crippen LogP) is 2.39. The minimum absolute atomic E-state index is 0.172. The summed E-state index contributed by atoms with van der Waals surface area (Å²) in [6, 6.07) is 9.93. The molecule has 122 valence electrons. The number of hydrogen-bond donors (Lipinski definition) is 0. The van der Waals surface area contributed by atoms with Crippen LogP contribution in [0.5, 0.6) is 0 Å². The first-order valence-corrected chi connectivity index (χ1v) is 8.56. The maximum Gasteiger partial charge on any atom is 0.316 e. The van der Waals surface area contributed by atoms with Gasteiger partial charge in [0.15, 0.2) is 11.0 Å². The Balaban J connectivity index is 1.86. The summed E-state index contributed by atoms with van der Waals surface area (Å²) in [6.07, 6.45) is 2.29. The summed E-state index contributed by atoms with van der Waals surface area (Å²) in [5.41, 5.74) is 1.00. The van der Waals surface area contributed by atoms with Crippen LogP contribution in [0.2, 0.25) is 0 Å². The van der Waals surface area contributed by atoms with E-state index in [4.69, 9.17) is 9.47 Å². The third-order valence-electron chi connectivity index (χ3n) is 3.71. The molecule has 6 nitrogen and oxygen atoms in total. The Morgan fingerprint density at radius 1 is 1.39 bits per heavy atom. The van der Waals surface area contributed by atoms with Crippen LogP contribution in [-0.2, 0) is 20.8 Å². The number of hydrogen-bond acceptors (Lipinski definition) is 6. The van der Waals surface area contributed by atoms with Gasteiger partial charge in [-0.1, -0.05) is 42.1 Å². The van der Waals surface area contributed by atoms with Crippen LogP contribution in [0.3, 0.4) is 0 Å². The van der Waals surface area contributed by atoms with Gasteiger partial charge in [0.25, 0.3) is 0 Å². The number of nitrogens with zero attached hydrogens (tertiary/aromatic N) is 3. The predicted molar refractivity (Wildman–Crippen MR) is 87.2 cm³/mol. The molecule has 0 radical (unpaired) electrons. The molecule has 2 heterocycles. The average Bonchev–Trinajstić information content (AvgIpc) is 3.24. The van der Waals surface area contributed by atoms with E-state index in [0.29, 0.717) is 11.7 Å². The standard InChI is InChI=1S/C16H19N3O3S/c1-21-14(20)11-23-16-18-17-15(12-6-3-2-4-7-12)19(16)10-13-8-5-9-22-13/h2-4,6-7,13H,5,8-11H2,1H3/t13-/m0/s1. The molecule has 1 aromatic carbocycles. The van der Waals surface area contributed by atoms with Gasteiger partial charge in [0.05, 0.1) is 25.5 Å². The molecule has 2 aromatic rings. The second-order valence-corrected chi connectivity index (χ2v) is 6.23. The van der Waals surface area contributed by atoms with E-state index < -0.39 is 0 Å². The summed E-state index contributed by atoms with van der Waals surface area (Å²) in [4.78, 5) is 11.4. The first kappa shape index (κ1) is 16.0. The highest BCUT2D eigenvalue weighted by molar-refractivity contribution is 7.99. The molecule has 1 fully saturated rings. The Morgan fingerprint density at radius 2 is 2.22 bits per heavy atom. The van der Waals surface area contributed by atoms with Gasteiger partial charge in [0.1, 0.15) is 0 Å². The molecule has 3 rings (SSSR count). The molecule has 1 atom stereocenters. The topological polar surface area (TPSA) is 66.2 Å². The first-order valence-electron chi connectivity index (χ1n) is 7.58. The van der Waals surface area contributed by atoms with Crippen LogP contribution in [-0.4, -0.2) is 46.3 Å². The van der Waals surface area contributed by atoms with Gasteiger partial charge < -0.3 is 9.47 Å². The zero-order valence-corrected chi connectivity index (χ0v) is 13.8. The van der Waals surface area contributed by atoms with Gasteiger partial charge in [0, 0.05) is 12.2 Å². The van der Waals surface area contributed by atoms with Crippen molar-refractivity contribution in [3.63, 3.8) is 0 Å². The summed E-state index contributed by atoms with van der Waals surface area (Å²) in [5, 5.41) is 9.28. The van der Waals surface area contributed by atoms with E-state index >= 15 is 0 Å². The van der Waals surface area contributed by atoms with Crippen LogP contribution in [0, 0.1) is 0 Å². The molecule has 0 aliphatic carbocycles. The second kappa shape index (κ2) is 7.61. The number of carbonyl (C=O) groups is 1. The fraction of sp³-hybridized carbons (Fsp3) is 0.438. The zero-order chi connectivity index (χ0) is 16.1. The molecule has 1 aliphatic rings. The molecule has 23 heavy (non-hydrogen) atoms. The van der Waals surface area contributed by atoms with Crippen molar-refractivity contribution in [2.75, 3.05) is 19.5 Å². The number of esters is 1. The van der Waals surface area contributed by atoms with Gasteiger partial charge in [-0.05, 0) is 12.8 Å². The molecule has 1 aromatic heterocycles. The van der Waals surface area contributed by atoms with Crippen molar-refractivity contribution in [1.29, 1.82) is 0 Å². The normalized spacial score (nSPS) is 17.3. The van der Waals surface area contributed by atoms with E-state index in [2.05, 4.69) is 10.2 Å². The number of benzene rings is 1. The Labute approximate surface area is 139 Å². The van der Waals surface area contributed by atoms with E-state index in [1.807, 2.05) is 34.9 Å². The van der Waals surface area contributed by atoms with Crippen LogP contribution < -0.4 is 0 Å². The highest BCUT2D eigenvalue weighted by Crippen LogP contribution is 2.26. The molecule has 0 saturated carbocycles. The van der Waals surface area contributed by atoms with E-state index in [1.54, 1.807) is 0 Å². The molecule has 7 heteroatoms. The maximum absolute atomic E-state index is 11.4. The van der Waals surface area contributed by atoms with Gasteiger partial charge in [-0.3, -0.25) is 9.36 Å². The largest absolute Gasteiger partial charge is 0.468 e. The number of carbonyl (C=O) groups excluding carboxylic acids is 1. The van der Waals surface area contributed by atoms with Crippen molar-refractivity contribution in [3.8, 4) is 11.4 Å². The molecule has 1 aliphatic heterocycles. The molecule has 0 N–H and O–H groups in total. The van der Waals surface area contributed by atoms with Gasteiger partial charge >= 0.3 is 5.97 Å². The number of methoxy groups -OCH3 is 1. The quantitative estimate of drug-likeness (QED) is 0.597. The summed E-state index contributed by atoms with van der Waals surface area (Å²) in [5.74, 6) is 0.742. The van der Waals surface area contributed by atoms with Gasteiger partial charge in [0.2, 0.25) is 0 Å². The lowest BCUT2D eigenvalue weighted by Crippen LogP contribution is -2.17. The Kier molecular flexibility index (Phi) is 5.30. The molecule has 0 amide bonds. The Bertz CT molecular complexity index is 654. The number of rotatable bonds is 6. The van der Waals surface area contributed by atoms with Gasteiger partial charge in [-0.15, -0.1) is 10.2 Å². The van der Waals surface area contributed by atoms with E-state index in [0.717, 1.165) is 30.8 Å². The summed E-state index contributed by atoms with van der Waals surface area (Å²) >= 11 is 1.34.